The molecule has 10 heteroatoms. The van der Waals surface area contributed by atoms with Crippen molar-refractivity contribution in [3.8, 4) is 17.6 Å². The monoisotopic (exact) mass is 588 g/mol. The average Bonchev–Trinajstić information content (AvgIpc) is 2.88. The molecule has 0 unspecified atom stereocenters. The first-order valence-electron chi connectivity index (χ1n) is 10.3. The van der Waals surface area contributed by atoms with E-state index in [0.29, 0.717) is 42.8 Å². The Labute approximate surface area is 226 Å². The number of benzene rings is 3. The SMILES string of the molecule is COC(=O)c1ccc(NC(=O)/C(C#N)=C/c2cc(OC)c(OCc3ccc(Cl)c(Cl)c3)cc2Br)cc1. The third kappa shape index (κ3) is 6.79. The minimum absolute atomic E-state index is 0.140. The van der Waals surface area contributed by atoms with E-state index in [-0.39, 0.29) is 12.2 Å². The van der Waals surface area contributed by atoms with Gasteiger partial charge in [0.15, 0.2) is 11.5 Å². The van der Waals surface area contributed by atoms with Crippen LogP contribution >= 0.6 is 39.1 Å². The van der Waals surface area contributed by atoms with E-state index in [1.807, 2.05) is 6.07 Å². The fourth-order valence-corrected chi connectivity index (χ4v) is 3.79. The number of hydrogen-bond donors (Lipinski definition) is 1. The molecular weight excluding hydrogens is 571 g/mol. The van der Waals surface area contributed by atoms with Gasteiger partial charge in [-0.05, 0) is 65.7 Å². The molecule has 3 aromatic rings. The summed E-state index contributed by atoms with van der Waals surface area (Å²) < 4.78 is 16.6. The van der Waals surface area contributed by atoms with Crippen molar-refractivity contribution in [3.63, 3.8) is 0 Å². The molecule has 0 atom stereocenters. The predicted molar refractivity (Wildman–Crippen MR) is 141 cm³/mol. The first kappa shape index (κ1) is 27.1. The molecular formula is C26H19BrCl2N2O5. The van der Waals surface area contributed by atoms with Crippen LogP contribution in [0, 0.1) is 11.3 Å². The highest BCUT2D eigenvalue weighted by molar-refractivity contribution is 9.10. The van der Waals surface area contributed by atoms with E-state index < -0.39 is 11.9 Å². The Morgan fingerprint density at radius 2 is 1.75 bits per heavy atom. The number of carbonyl (C=O) groups excluding carboxylic acids is 2. The highest BCUT2D eigenvalue weighted by Gasteiger charge is 2.15. The van der Waals surface area contributed by atoms with Gasteiger partial charge >= 0.3 is 5.97 Å². The van der Waals surface area contributed by atoms with Gasteiger partial charge in [-0.2, -0.15) is 5.26 Å². The van der Waals surface area contributed by atoms with E-state index in [9.17, 15) is 14.9 Å². The van der Waals surface area contributed by atoms with Crippen molar-refractivity contribution in [3.05, 3.63) is 91.4 Å². The molecule has 0 aliphatic carbocycles. The Hall–Kier alpha value is -3.51. The van der Waals surface area contributed by atoms with Gasteiger partial charge in [-0.15, -0.1) is 0 Å². The molecule has 1 amide bonds. The summed E-state index contributed by atoms with van der Waals surface area (Å²) in [4.78, 5) is 24.2. The Morgan fingerprint density at radius 1 is 1.03 bits per heavy atom. The summed E-state index contributed by atoms with van der Waals surface area (Å²) in [6, 6.07) is 16.5. The molecule has 7 nitrogen and oxygen atoms in total. The van der Waals surface area contributed by atoms with Crippen molar-refractivity contribution >= 4 is 62.8 Å². The van der Waals surface area contributed by atoms with Gasteiger partial charge in [-0.3, -0.25) is 4.79 Å². The number of methoxy groups -OCH3 is 2. The third-order valence-electron chi connectivity index (χ3n) is 4.89. The van der Waals surface area contributed by atoms with E-state index in [1.165, 1.54) is 44.6 Å². The second-order valence-electron chi connectivity index (χ2n) is 7.25. The summed E-state index contributed by atoms with van der Waals surface area (Å²) in [5, 5.41) is 13.1. The molecule has 36 heavy (non-hydrogen) atoms. The van der Waals surface area contributed by atoms with Crippen LogP contribution in [-0.4, -0.2) is 26.1 Å². The molecule has 3 aromatic carbocycles. The van der Waals surface area contributed by atoms with Crippen molar-refractivity contribution in [2.75, 3.05) is 19.5 Å². The van der Waals surface area contributed by atoms with Gasteiger partial charge < -0.3 is 19.5 Å². The largest absolute Gasteiger partial charge is 0.493 e. The van der Waals surface area contributed by atoms with Crippen molar-refractivity contribution in [2.24, 2.45) is 0 Å². The van der Waals surface area contributed by atoms with Crippen molar-refractivity contribution in [1.82, 2.24) is 0 Å². The second-order valence-corrected chi connectivity index (χ2v) is 8.92. The van der Waals surface area contributed by atoms with Crippen molar-refractivity contribution in [2.45, 2.75) is 6.61 Å². The zero-order chi connectivity index (χ0) is 26.2. The number of carbonyl (C=O) groups is 2. The summed E-state index contributed by atoms with van der Waals surface area (Å²) >= 11 is 15.5. The topological polar surface area (TPSA) is 97.7 Å². The fraction of sp³-hybridized carbons (Fsp3) is 0.115. The molecule has 0 spiro atoms. The molecule has 0 aliphatic heterocycles. The zero-order valence-corrected chi connectivity index (χ0v) is 22.2. The number of amides is 1. The van der Waals surface area contributed by atoms with E-state index in [1.54, 1.807) is 30.3 Å². The van der Waals surface area contributed by atoms with Crippen LogP contribution in [0.1, 0.15) is 21.5 Å². The lowest BCUT2D eigenvalue weighted by Gasteiger charge is -2.13. The van der Waals surface area contributed by atoms with E-state index in [2.05, 4.69) is 26.0 Å². The number of hydrogen-bond acceptors (Lipinski definition) is 6. The Morgan fingerprint density at radius 3 is 2.36 bits per heavy atom. The third-order valence-corrected chi connectivity index (χ3v) is 6.32. The Balaban J connectivity index is 1.78. The maximum atomic E-state index is 12.7. The van der Waals surface area contributed by atoms with E-state index in [4.69, 9.17) is 32.7 Å². The summed E-state index contributed by atoms with van der Waals surface area (Å²) in [6.45, 7) is 0.218. The first-order chi connectivity index (χ1) is 17.2. The number of ether oxygens (including phenoxy) is 3. The van der Waals surface area contributed by atoms with Gasteiger partial charge in [0.05, 0.1) is 29.8 Å². The normalized spacial score (nSPS) is 10.8. The average molecular weight is 590 g/mol. The number of anilines is 1. The van der Waals surface area contributed by atoms with Crippen LogP contribution in [0.15, 0.2) is 64.6 Å². The smallest absolute Gasteiger partial charge is 0.337 e. The summed E-state index contributed by atoms with van der Waals surface area (Å²) in [5.41, 5.74) is 1.95. The van der Waals surface area contributed by atoms with Crippen LogP contribution in [0.3, 0.4) is 0 Å². The number of nitrogens with zero attached hydrogens (tertiary/aromatic N) is 1. The number of halogens is 3. The van der Waals surface area contributed by atoms with Crippen molar-refractivity contribution in [1.29, 1.82) is 5.26 Å². The molecule has 0 saturated heterocycles. The zero-order valence-electron chi connectivity index (χ0n) is 19.1. The van der Waals surface area contributed by atoms with Crippen LogP contribution < -0.4 is 14.8 Å². The molecule has 0 aromatic heterocycles. The molecule has 0 aliphatic rings. The van der Waals surface area contributed by atoms with Gasteiger partial charge in [-0.25, -0.2) is 4.79 Å². The minimum atomic E-state index is -0.617. The summed E-state index contributed by atoms with van der Waals surface area (Å²) in [5.74, 6) is -0.260. The van der Waals surface area contributed by atoms with Crippen LogP contribution in [0.2, 0.25) is 10.0 Å². The molecule has 1 N–H and O–H groups in total. The molecule has 3 rings (SSSR count). The fourth-order valence-electron chi connectivity index (χ4n) is 3.03. The number of nitriles is 1. The molecule has 0 heterocycles. The lowest BCUT2D eigenvalue weighted by molar-refractivity contribution is -0.112. The molecule has 0 fully saturated rings. The minimum Gasteiger partial charge on any atom is -0.493 e. The van der Waals surface area contributed by atoms with Crippen LogP contribution in [0.25, 0.3) is 6.08 Å². The summed E-state index contributed by atoms with van der Waals surface area (Å²) in [7, 11) is 2.77. The molecule has 184 valence electrons. The quantitative estimate of drug-likeness (QED) is 0.179. The maximum absolute atomic E-state index is 12.7. The van der Waals surface area contributed by atoms with Crippen LogP contribution in [-0.2, 0) is 16.1 Å². The van der Waals surface area contributed by atoms with E-state index >= 15 is 0 Å². The van der Waals surface area contributed by atoms with Gasteiger partial charge in [0.25, 0.3) is 5.91 Å². The molecule has 0 saturated carbocycles. The lowest BCUT2D eigenvalue weighted by atomic mass is 10.1. The highest BCUT2D eigenvalue weighted by atomic mass is 79.9. The van der Waals surface area contributed by atoms with Gasteiger partial charge in [0.2, 0.25) is 0 Å². The Bertz CT molecular complexity index is 1370. The number of rotatable bonds is 8. The number of esters is 1. The van der Waals surface area contributed by atoms with E-state index in [0.717, 1.165) is 5.56 Å². The summed E-state index contributed by atoms with van der Waals surface area (Å²) in [6.07, 6.45) is 1.42. The van der Waals surface area contributed by atoms with Crippen molar-refractivity contribution < 1.29 is 23.8 Å². The second kappa shape index (κ2) is 12.5. The predicted octanol–water partition coefficient (Wildman–Crippen LogP) is 6.68. The molecule has 0 radical (unpaired) electrons. The maximum Gasteiger partial charge on any atom is 0.337 e. The lowest BCUT2D eigenvalue weighted by Crippen LogP contribution is -2.13. The van der Waals surface area contributed by atoms with Gasteiger partial charge in [-0.1, -0.05) is 45.2 Å². The highest BCUT2D eigenvalue weighted by Crippen LogP contribution is 2.35. The first-order valence-corrected chi connectivity index (χ1v) is 11.9. The standard InChI is InChI=1S/C26H19BrCl2N2O5/c1-34-23-11-17(20(27)12-24(23)36-14-15-3-8-21(28)22(29)9-15)10-18(13-30)25(32)31-19-6-4-16(5-7-19)26(33)35-2/h3-12H,14H2,1-2H3,(H,31,32)/b18-10+. The van der Waals surface area contributed by atoms with Crippen LogP contribution in [0.4, 0.5) is 5.69 Å². The molecule has 0 bridgehead atoms. The van der Waals surface area contributed by atoms with Crippen LogP contribution in [0.5, 0.6) is 11.5 Å². The Kier molecular flexibility index (Phi) is 9.37. The number of nitrogens with one attached hydrogen (secondary N) is 1. The van der Waals surface area contributed by atoms with Gasteiger partial charge in [0, 0.05) is 10.2 Å². The van der Waals surface area contributed by atoms with Gasteiger partial charge in [0.1, 0.15) is 18.2 Å².